The van der Waals surface area contributed by atoms with Gasteiger partial charge < -0.3 is 10.2 Å². The Labute approximate surface area is 119 Å². The fourth-order valence-corrected chi connectivity index (χ4v) is 2.19. The fraction of sp³-hybridized carbons (Fsp3) is 0.533. The summed E-state index contributed by atoms with van der Waals surface area (Å²) >= 11 is 0. The molecule has 0 aliphatic heterocycles. The van der Waals surface area contributed by atoms with Gasteiger partial charge in [-0.25, -0.2) is 0 Å². The van der Waals surface area contributed by atoms with E-state index < -0.39 is 11.8 Å². The summed E-state index contributed by atoms with van der Waals surface area (Å²) in [5, 5.41) is 2.62. The molecular formula is C15H21N3O2. The molecule has 0 radical (unpaired) electrons. The molecule has 20 heavy (non-hydrogen) atoms. The second-order valence-corrected chi connectivity index (χ2v) is 5.89. The van der Waals surface area contributed by atoms with Crippen LogP contribution in [0.1, 0.15) is 32.3 Å². The monoisotopic (exact) mass is 275 g/mol. The molecule has 1 aliphatic rings. The Kier molecular flexibility index (Phi) is 3.79. The number of carbonyl (C=O) groups is 2. The van der Waals surface area contributed by atoms with E-state index >= 15 is 0 Å². The van der Waals surface area contributed by atoms with Crippen molar-refractivity contribution in [3.05, 3.63) is 24.0 Å². The normalized spacial score (nSPS) is 17.2. The van der Waals surface area contributed by atoms with Crippen molar-refractivity contribution in [2.45, 2.75) is 39.7 Å². The van der Waals surface area contributed by atoms with E-state index in [4.69, 9.17) is 0 Å². The van der Waals surface area contributed by atoms with Crippen molar-refractivity contribution >= 4 is 17.5 Å². The van der Waals surface area contributed by atoms with E-state index in [9.17, 15) is 9.59 Å². The topological polar surface area (TPSA) is 62.3 Å². The zero-order valence-electron chi connectivity index (χ0n) is 12.4. The number of amides is 2. The highest BCUT2D eigenvalue weighted by Crippen LogP contribution is 2.49. The van der Waals surface area contributed by atoms with Gasteiger partial charge in [-0.3, -0.25) is 14.6 Å². The predicted molar refractivity (Wildman–Crippen MR) is 77.2 cm³/mol. The zero-order chi connectivity index (χ0) is 14.9. The summed E-state index contributed by atoms with van der Waals surface area (Å²) in [5.74, 6) is -1.12. The van der Waals surface area contributed by atoms with Gasteiger partial charge in [-0.15, -0.1) is 0 Å². The summed E-state index contributed by atoms with van der Waals surface area (Å²) in [4.78, 5) is 29.7. The van der Waals surface area contributed by atoms with Crippen molar-refractivity contribution in [2.75, 3.05) is 12.4 Å². The average molecular weight is 275 g/mol. The van der Waals surface area contributed by atoms with E-state index in [-0.39, 0.29) is 11.5 Å². The van der Waals surface area contributed by atoms with Gasteiger partial charge in [-0.1, -0.05) is 6.92 Å². The lowest BCUT2D eigenvalue weighted by molar-refractivity contribution is -0.144. The van der Waals surface area contributed by atoms with Gasteiger partial charge in [-0.2, -0.15) is 0 Å². The van der Waals surface area contributed by atoms with Gasteiger partial charge in [0.2, 0.25) is 0 Å². The lowest BCUT2D eigenvalue weighted by Gasteiger charge is -2.29. The van der Waals surface area contributed by atoms with Crippen molar-refractivity contribution in [1.82, 2.24) is 9.88 Å². The van der Waals surface area contributed by atoms with Crippen LogP contribution in [0.2, 0.25) is 0 Å². The number of likely N-dealkylation sites (N-methyl/N-ethyl adjacent to an activating group) is 1. The van der Waals surface area contributed by atoms with Gasteiger partial charge >= 0.3 is 11.8 Å². The van der Waals surface area contributed by atoms with Crippen LogP contribution in [-0.2, 0) is 9.59 Å². The van der Waals surface area contributed by atoms with Gasteiger partial charge in [0.1, 0.15) is 0 Å². The Balaban J connectivity index is 2.02. The van der Waals surface area contributed by atoms with E-state index in [1.54, 1.807) is 25.5 Å². The molecule has 1 saturated carbocycles. The first-order valence-corrected chi connectivity index (χ1v) is 6.84. The number of nitrogens with zero attached hydrogens (tertiary/aromatic N) is 2. The molecule has 0 spiro atoms. The number of aryl methyl sites for hydroxylation is 1. The number of anilines is 1. The van der Waals surface area contributed by atoms with Crippen LogP contribution in [0, 0.1) is 12.3 Å². The quantitative estimate of drug-likeness (QED) is 0.858. The molecule has 2 rings (SSSR count). The number of pyridine rings is 1. The highest BCUT2D eigenvalue weighted by Gasteiger charge is 2.45. The molecule has 1 aromatic heterocycles. The van der Waals surface area contributed by atoms with Crippen LogP contribution in [0.3, 0.4) is 0 Å². The van der Waals surface area contributed by atoms with Crippen molar-refractivity contribution in [3.63, 3.8) is 0 Å². The van der Waals surface area contributed by atoms with Gasteiger partial charge in [0.15, 0.2) is 0 Å². The standard InChI is InChI=1S/C15H21N3O2/c1-10-5-8-16-9-12(10)17-13(19)14(20)18(4)11(2)15(3)6-7-15/h5,8-9,11H,6-7H2,1-4H3,(H,17,19)/t11-/m1/s1. The SMILES string of the molecule is Cc1ccncc1NC(=O)C(=O)N(C)[C@H](C)C1(C)CC1. The number of hydrogen-bond donors (Lipinski definition) is 1. The van der Waals surface area contributed by atoms with Crippen LogP contribution in [0.15, 0.2) is 18.5 Å². The summed E-state index contributed by atoms with van der Waals surface area (Å²) in [6.45, 7) is 6.00. The molecule has 1 heterocycles. The first kappa shape index (κ1) is 14.5. The Morgan fingerprint density at radius 3 is 2.65 bits per heavy atom. The Morgan fingerprint density at radius 2 is 2.10 bits per heavy atom. The third kappa shape index (κ3) is 2.81. The van der Waals surface area contributed by atoms with E-state index in [0.717, 1.165) is 18.4 Å². The van der Waals surface area contributed by atoms with E-state index in [0.29, 0.717) is 5.69 Å². The minimum Gasteiger partial charge on any atom is -0.334 e. The Bertz CT molecular complexity index is 538. The van der Waals surface area contributed by atoms with Crippen LogP contribution in [0.25, 0.3) is 0 Å². The summed E-state index contributed by atoms with van der Waals surface area (Å²) in [6.07, 6.45) is 5.41. The first-order chi connectivity index (χ1) is 9.35. The minimum absolute atomic E-state index is 0.0655. The lowest BCUT2D eigenvalue weighted by Crippen LogP contribution is -2.45. The van der Waals surface area contributed by atoms with Gasteiger partial charge in [-0.05, 0) is 43.7 Å². The maximum absolute atomic E-state index is 12.2. The number of rotatable bonds is 3. The highest BCUT2D eigenvalue weighted by molar-refractivity contribution is 6.39. The van der Waals surface area contributed by atoms with Crippen LogP contribution in [0.4, 0.5) is 5.69 Å². The fourth-order valence-electron chi connectivity index (χ4n) is 2.19. The maximum atomic E-state index is 12.2. The molecule has 5 heteroatoms. The van der Waals surface area contributed by atoms with Crippen LogP contribution in [0.5, 0.6) is 0 Å². The van der Waals surface area contributed by atoms with Crippen LogP contribution < -0.4 is 5.32 Å². The summed E-state index contributed by atoms with van der Waals surface area (Å²) in [7, 11) is 1.69. The zero-order valence-corrected chi connectivity index (χ0v) is 12.4. The number of hydrogen-bond acceptors (Lipinski definition) is 3. The third-order valence-electron chi connectivity index (χ3n) is 4.43. The Hall–Kier alpha value is -1.91. The van der Waals surface area contributed by atoms with Crippen molar-refractivity contribution < 1.29 is 9.59 Å². The molecule has 1 aliphatic carbocycles. The molecular weight excluding hydrogens is 254 g/mol. The average Bonchev–Trinajstić information content (AvgIpc) is 3.18. The molecule has 1 fully saturated rings. The van der Waals surface area contributed by atoms with Gasteiger partial charge in [0, 0.05) is 19.3 Å². The van der Waals surface area contributed by atoms with Crippen molar-refractivity contribution in [3.8, 4) is 0 Å². The molecule has 1 aromatic rings. The molecule has 5 nitrogen and oxygen atoms in total. The van der Waals surface area contributed by atoms with Crippen molar-refractivity contribution in [2.24, 2.45) is 5.41 Å². The molecule has 1 atom stereocenters. The molecule has 2 amide bonds. The summed E-state index contributed by atoms with van der Waals surface area (Å²) in [6, 6.07) is 1.85. The van der Waals surface area contributed by atoms with Gasteiger partial charge in [0.25, 0.3) is 0 Å². The Morgan fingerprint density at radius 1 is 1.45 bits per heavy atom. The van der Waals surface area contributed by atoms with Gasteiger partial charge in [0.05, 0.1) is 11.9 Å². The third-order valence-corrected chi connectivity index (χ3v) is 4.43. The molecule has 0 bridgehead atoms. The second kappa shape index (κ2) is 5.23. The van der Waals surface area contributed by atoms with Crippen LogP contribution >= 0.6 is 0 Å². The molecule has 0 aromatic carbocycles. The maximum Gasteiger partial charge on any atom is 0.313 e. The van der Waals surface area contributed by atoms with E-state index in [1.165, 1.54) is 4.90 Å². The van der Waals surface area contributed by atoms with Crippen molar-refractivity contribution in [1.29, 1.82) is 0 Å². The lowest BCUT2D eigenvalue weighted by atomic mass is 9.99. The van der Waals surface area contributed by atoms with E-state index in [1.807, 2.05) is 13.8 Å². The number of nitrogens with one attached hydrogen (secondary N) is 1. The highest BCUT2D eigenvalue weighted by atomic mass is 16.2. The molecule has 1 N–H and O–H groups in total. The van der Waals surface area contributed by atoms with Crippen LogP contribution in [-0.4, -0.2) is 34.8 Å². The smallest absolute Gasteiger partial charge is 0.313 e. The molecule has 0 saturated heterocycles. The second-order valence-electron chi connectivity index (χ2n) is 5.89. The summed E-state index contributed by atoms with van der Waals surface area (Å²) < 4.78 is 0. The number of carbonyl (C=O) groups excluding carboxylic acids is 2. The largest absolute Gasteiger partial charge is 0.334 e. The summed E-state index contributed by atoms with van der Waals surface area (Å²) in [5.41, 5.74) is 1.62. The minimum atomic E-state index is -0.611. The molecule has 0 unspecified atom stereocenters. The molecule has 108 valence electrons. The van der Waals surface area contributed by atoms with E-state index in [2.05, 4.69) is 17.2 Å². The predicted octanol–water partition coefficient (Wildman–Crippen LogP) is 1.98. The number of aromatic nitrogens is 1. The first-order valence-electron chi connectivity index (χ1n) is 6.84.